The molecular formula is C13H18ClN5O2. The molecule has 0 radical (unpaired) electrons. The van der Waals surface area contributed by atoms with Crippen LogP contribution in [0, 0.1) is 5.21 Å². The predicted octanol–water partition coefficient (Wildman–Crippen LogP) is 0.673. The van der Waals surface area contributed by atoms with Gasteiger partial charge in [0.1, 0.15) is 0 Å². The molecule has 0 spiro atoms. The standard InChI is InChI=1S/C13H18ClN5O2/c1-16(2)13(17-5-7-21-8-6-17)18-12-9-10(14)3-4-11(12)19(20)15-18/h3-4,9,13H,5-8H2,1-2H3. The molecule has 2 aromatic rings. The van der Waals surface area contributed by atoms with Crippen molar-refractivity contribution in [1.82, 2.24) is 19.7 Å². The second-order valence-electron chi connectivity index (χ2n) is 5.30. The van der Waals surface area contributed by atoms with E-state index in [9.17, 15) is 5.21 Å². The lowest BCUT2D eigenvalue weighted by Gasteiger charge is -2.34. The summed E-state index contributed by atoms with van der Waals surface area (Å²) in [6.45, 7) is 2.95. The maximum absolute atomic E-state index is 12.0. The minimum Gasteiger partial charge on any atom is -0.691 e. The molecule has 1 aliphatic heterocycles. The Balaban J connectivity index is 2.08. The van der Waals surface area contributed by atoms with E-state index in [-0.39, 0.29) is 6.29 Å². The molecule has 21 heavy (non-hydrogen) atoms. The van der Waals surface area contributed by atoms with Crippen molar-refractivity contribution in [2.45, 2.75) is 6.29 Å². The first-order valence-electron chi connectivity index (χ1n) is 6.84. The van der Waals surface area contributed by atoms with Gasteiger partial charge in [-0.15, -0.1) is 4.85 Å². The lowest BCUT2D eigenvalue weighted by molar-refractivity contribution is -0.647. The van der Waals surface area contributed by atoms with Gasteiger partial charge in [0, 0.05) is 24.2 Å². The first-order valence-corrected chi connectivity index (χ1v) is 7.21. The molecular weight excluding hydrogens is 294 g/mol. The summed E-state index contributed by atoms with van der Waals surface area (Å²) >= 11 is 6.07. The second kappa shape index (κ2) is 5.76. The molecule has 0 bridgehead atoms. The van der Waals surface area contributed by atoms with Crippen LogP contribution in [0.4, 0.5) is 0 Å². The van der Waals surface area contributed by atoms with E-state index in [2.05, 4.69) is 10.1 Å². The molecule has 1 atom stereocenters. The van der Waals surface area contributed by atoms with Crippen molar-refractivity contribution in [3.63, 3.8) is 0 Å². The molecule has 0 N–H and O–H groups in total. The van der Waals surface area contributed by atoms with Crippen molar-refractivity contribution >= 4 is 22.6 Å². The highest BCUT2D eigenvalue weighted by Crippen LogP contribution is 2.23. The van der Waals surface area contributed by atoms with E-state index in [1.165, 1.54) is 0 Å². The number of hydrogen-bond donors (Lipinski definition) is 0. The predicted molar refractivity (Wildman–Crippen MR) is 78.8 cm³/mol. The van der Waals surface area contributed by atoms with Crippen molar-refractivity contribution in [2.24, 2.45) is 0 Å². The van der Waals surface area contributed by atoms with Gasteiger partial charge in [0.05, 0.1) is 18.4 Å². The highest BCUT2D eigenvalue weighted by atomic mass is 35.5. The molecule has 114 valence electrons. The Hall–Kier alpha value is -1.41. The second-order valence-corrected chi connectivity index (χ2v) is 5.73. The highest BCUT2D eigenvalue weighted by molar-refractivity contribution is 6.31. The Morgan fingerprint density at radius 2 is 2.10 bits per heavy atom. The van der Waals surface area contributed by atoms with E-state index in [0.29, 0.717) is 28.6 Å². The fourth-order valence-electron chi connectivity index (χ4n) is 2.70. The van der Waals surface area contributed by atoms with Gasteiger partial charge in [-0.3, -0.25) is 4.90 Å². The number of hydrogen-bond acceptors (Lipinski definition) is 5. The van der Waals surface area contributed by atoms with Crippen LogP contribution < -0.4 is 4.85 Å². The molecule has 7 nitrogen and oxygen atoms in total. The van der Waals surface area contributed by atoms with Crippen molar-refractivity contribution in [3.05, 3.63) is 28.4 Å². The van der Waals surface area contributed by atoms with Gasteiger partial charge in [0.25, 0.3) is 0 Å². The molecule has 1 aliphatic rings. The van der Waals surface area contributed by atoms with E-state index in [1.54, 1.807) is 22.9 Å². The third kappa shape index (κ3) is 2.69. The van der Waals surface area contributed by atoms with Crippen molar-refractivity contribution in [2.75, 3.05) is 40.4 Å². The number of morpholine rings is 1. The molecule has 1 unspecified atom stereocenters. The fourth-order valence-corrected chi connectivity index (χ4v) is 2.87. The van der Waals surface area contributed by atoms with Gasteiger partial charge >= 0.3 is 0 Å². The lowest BCUT2D eigenvalue weighted by atomic mass is 10.3. The van der Waals surface area contributed by atoms with E-state index >= 15 is 0 Å². The smallest absolute Gasteiger partial charge is 0.236 e. The number of ether oxygens (including phenoxy) is 1. The summed E-state index contributed by atoms with van der Waals surface area (Å²) in [5.74, 6) is 0. The van der Waals surface area contributed by atoms with Crippen LogP contribution >= 0.6 is 11.6 Å². The molecule has 1 aromatic carbocycles. The minimum atomic E-state index is -0.148. The van der Waals surface area contributed by atoms with Gasteiger partial charge in [-0.05, 0) is 26.2 Å². The number of rotatable bonds is 3. The molecule has 0 aliphatic carbocycles. The third-order valence-corrected chi connectivity index (χ3v) is 3.86. The summed E-state index contributed by atoms with van der Waals surface area (Å²) in [7, 11) is 3.93. The first-order chi connectivity index (χ1) is 10.1. The van der Waals surface area contributed by atoms with E-state index in [1.807, 2.05) is 19.0 Å². The number of fused-ring (bicyclic) bond motifs is 1. The molecule has 2 heterocycles. The summed E-state index contributed by atoms with van der Waals surface area (Å²) in [5.41, 5.74) is 1.24. The fraction of sp³-hybridized carbons (Fsp3) is 0.538. The molecule has 0 amide bonds. The number of nitrogens with zero attached hydrogens (tertiary/aromatic N) is 5. The summed E-state index contributed by atoms with van der Waals surface area (Å²) in [6, 6.07) is 5.17. The molecule has 8 heteroatoms. The molecule has 0 saturated carbocycles. The third-order valence-electron chi connectivity index (χ3n) is 3.62. The number of benzene rings is 1. The molecule has 1 aromatic heterocycles. The summed E-state index contributed by atoms with van der Waals surface area (Å²) in [5, 5.41) is 16.7. The van der Waals surface area contributed by atoms with Gasteiger partial charge < -0.3 is 9.94 Å². The van der Waals surface area contributed by atoms with Gasteiger partial charge in [-0.2, -0.15) is 0 Å². The minimum absolute atomic E-state index is 0.148. The molecule has 1 saturated heterocycles. The van der Waals surface area contributed by atoms with E-state index in [4.69, 9.17) is 16.3 Å². The van der Waals surface area contributed by atoms with Gasteiger partial charge in [-0.25, -0.2) is 4.90 Å². The van der Waals surface area contributed by atoms with E-state index in [0.717, 1.165) is 18.6 Å². The zero-order valence-corrected chi connectivity index (χ0v) is 12.8. The van der Waals surface area contributed by atoms with Crippen molar-refractivity contribution < 1.29 is 9.58 Å². The van der Waals surface area contributed by atoms with Crippen LogP contribution in [0.5, 0.6) is 0 Å². The normalized spacial score (nSPS) is 18.5. The average Bonchev–Trinajstić information content (AvgIpc) is 2.76. The number of aromatic nitrogens is 3. The summed E-state index contributed by atoms with van der Waals surface area (Å²) < 4.78 is 7.12. The van der Waals surface area contributed by atoms with Crippen LogP contribution in [0.1, 0.15) is 6.29 Å². The maximum atomic E-state index is 12.0. The lowest BCUT2D eigenvalue weighted by Crippen LogP contribution is -2.48. The Bertz CT molecular complexity index is 639. The number of halogens is 1. The largest absolute Gasteiger partial charge is 0.691 e. The quantitative estimate of drug-likeness (QED) is 0.616. The topological polar surface area (TPSA) is 60.5 Å². The van der Waals surface area contributed by atoms with Crippen LogP contribution in [0.2, 0.25) is 5.02 Å². The first kappa shape index (κ1) is 14.5. The Morgan fingerprint density at radius 1 is 1.38 bits per heavy atom. The Kier molecular flexibility index (Phi) is 3.99. The van der Waals surface area contributed by atoms with E-state index < -0.39 is 0 Å². The summed E-state index contributed by atoms with van der Waals surface area (Å²) in [6.07, 6.45) is -0.148. The maximum Gasteiger partial charge on any atom is 0.236 e. The van der Waals surface area contributed by atoms with Gasteiger partial charge in [0.2, 0.25) is 17.3 Å². The SMILES string of the molecule is CN(C)C(N1CCOCC1)n1n[n+]([O-])c2ccc(Cl)cc21. The van der Waals surface area contributed by atoms with Crippen LogP contribution in [-0.2, 0) is 4.74 Å². The molecule has 1 fully saturated rings. The Morgan fingerprint density at radius 3 is 2.76 bits per heavy atom. The van der Waals surface area contributed by atoms with Crippen LogP contribution in [-0.4, -0.2) is 60.1 Å². The zero-order chi connectivity index (χ0) is 15.0. The van der Waals surface area contributed by atoms with Crippen molar-refractivity contribution in [3.8, 4) is 0 Å². The average molecular weight is 312 g/mol. The zero-order valence-electron chi connectivity index (χ0n) is 12.1. The van der Waals surface area contributed by atoms with Crippen LogP contribution in [0.25, 0.3) is 11.0 Å². The van der Waals surface area contributed by atoms with Crippen LogP contribution in [0.3, 0.4) is 0 Å². The van der Waals surface area contributed by atoms with Gasteiger partial charge in [-0.1, -0.05) is 16.3 Å². The highest BCUT2D eigenvalue weighted by Gasteiger charge is 2.32. The van der Waals surface area contributed by atoms with Gasteiger partial charge in [0.15, 0.2) is 0 Å². The summed E-state index contributed by atoms with van der Waals surface area (Å²) in [4.78, 5) is 4.90. The Labute approximate surface area is 127 Å². The van der Waals surface area contributed by atoms with Crippen LogP contribution in [0.15, 0.2) is 18.2 Å². The van der Waals surface area contributed by atoms with Crippen molar-refractivity contribution in [1.29, 1.82) is 0 Å². The molecule has 3 rings (SSSR count). The monoisotopic (exact) mass is 311 g/mol.